The molecule has 2 heterocycles. The van der Waals surface area contributed by atoms with Gasteiger partial charge in [-0.05, 0) is 54.7 Å². The van der Waals surface area contributed by atoms with Gasteiger partial charge in [-0.1, -0.05) is 0 Å². The summed E-state index contributed by atoms with van der Waals surface area (Å²) in [6.07, 6.45) is 2.07. The first-order valence-electron chi connectivity index (χ1n) is 8.25. The molecule has 0 unspecified atom stereocenters. The van der Waals surface area contributed by atoms with E-state index in [2.05, 4.69) is 6.07 Å². The fourth-order valence-electron chi connectivity index (χ4n) is 3.05. The van der Waals surface area contributed by atoms with Crippen LogP contribution in [0.4, 0.5) is 0 Å². The maximum absolute atomic E-state index is 6.03. The minimum Gasteiger partial charge on any atom is -0.493 e. The highest BCUT2D eigenvalue weighted by Crippen LogP contribution is 2.53. The first-order valence-corrected chi connectivity index (χ1v) is 10.2. The highest BCUT2D eigenvalue weighted by Gasteiger charge is 2.39. The van der Waals surface area contributed by atoms with Crippen LogP contribution in [0.25, 0.3) is 0 Å². The van der Waals surface area contributed by atoms with Gasteiger partial charge in [-0.3, -0.25) is 0 Å². The zero-order valence-electron chi connectivity index (χ0n) is 15.1. The SMILES string of the molecule is COc1cc(CC2(c3ccc(C)o3)SCCCS2)cc(OC)c1OC. The van der Waals surface area contributed by atoms with Crippen molar-refractivity contribution in [2.45, 2.75) is 23.8 Å². The number of furan rings is 1. The van der Waals surface area contributed by atoms with E-state index in [4.69, 9.17) is 18.6 Å². The van der Waals surface area contributed by atoms with E-state index in [-0.39, 0.29) is 4.08 Å². The second-order valence-corrected chi connectivity index (χ2v) is 8.97. The Balaban J connectivity index is 2.00. The van der Waals surface area contributed by atoms with Crippen LogP contribution < -0.4 is 14.2 Å². The maximum Gasteiger partial charge on any atom is 0.203 e. The molecule has 6 heteroatoms. The number of ether oxygens (including phenoxy) is 3. The molecular formula is C19H24O4S2. The third-order valence-corrected chi connectivity index (χ3v) is 7.55. The third kappa shape index (κ3) is 3.75. The summed E-state index contributed by atoms with van der Waals surface area (Å²) in [7, 11) is 4.92. The van der Waals surface area contributed by atoms with Gasteiger partial charge in [0.1, 0.15) is 15.6 Å². The second-order valence-electron chi connectivity index (χ2n) is 5.92. The van der Waals surface area contributed by atoms with Crippen molar-refractivity contribution in [2.24, 2.45) is 0 Å². The Labute approximate surface area is 157 Å². The first kappa shape index (κ1) is 18.4. The number of hydrogen-bond donors (Lipinski definition) is 0. The fraction of sp³-hybridized carbons (Fsp3) is 0.474. The second kappa shape index (κ2) is 7.87. The van der Waals surface area contributed by atoms with E-state index in [0.29, 0.717) is 17.2 Å². The normalized spacial score (nSPS) is 16.5. The number of methoxy groups -OCH3 is 3. The summed E-state index contributed by atoms with van der Waals surface area (Å²) < 4.78 is 22.4. The van der Waals surface area contributed by atoms with Crippen LogP contribution in [0.1, 0.15) is 23.5 Å². The standard InChI is InChI=1S/C19H24O4S2/c1-13-6-7-17(23-13)19(24-8-5-9-25-19)12-14-10-15(20-2)18(22-4)16(11-14)21-3/h6-7,10-11H,5,8-9,12H2,1-4H3. The molecule has 2 aromatic rings. The van der Waals surface area contributed by atoms with Crippen LogP contribution in [-0.2, 0) is 10.5 Å². The lowest BCUT2D eigenvalue weighted by atomic mass is 10.1. The van der Waals surface area contributed by atoms with E-state index in [9.17, 15) is 0 Å². The highest BCUT2D eigenvalue weighted by molar-refractivity contribution is 8.18. The van der Waals surface area contributed by atoms with Gasteiger partial charge in [0.05, 0.1) is 21.3 Å². The molecule has 1 aromatic heterocycles. The molecule has 0 saturated carbocycles. The van der Waals surface area contributed by atoms with Crippen LogP contribution in [-0.4, -0.2) is 32.8 Å². The average Bonchev–Trinajstić information content (AvgIpc) is 3.08. The van der Waals surface area contributed by atoms with Crippen molar-refractivity contribution >= 4 is 23.5 Å². The molecule has 4 nitrogen and oxygen atoms in total. The lowest BCUT2D eigenvalue weighted by molar-refractivity contribution is 0.323. The predicted octanol–water partition coefficient (Wildman–Crippen LogP) is 4.88. The summed E-state index contributed by atoms with van der Waals surface area (Å²) in [5, 5.41) is 0. The number of thioether (sulfide) groups is 2. The Morgan fingerprint density at radius 3 is 2.12 bits per heavy atom. The monoisotopic (exact) mass is 380 g/mol. The van der Waals surface area contributed by atoms with Gasteiger partial charge < -0.3 is 18.6 Å². The van der Waals surface area contributed by atoms with Crippen LogP contribution in [0.15, 0.2) is 28.7 Å². The van der Waals surface area contributed by atoms with Crippen molar-refractivity contribution in [1.82, 2.24) is 0 Å². The molecule has 0 N–H and O–H groups in total. The summed E-state index contributed by atoms with van der Waals surface area (Å²) in [6, 6.07) is 8.23. The quantitative estimate of drug-likeness (QED) is 0.711. The van der Waals surface area contributed by atoms with Gasteiger partial charge in [0.15, 0.2) is 11.5 Å². The summed E-state index contributed by atoms with van der Waals surface area (Å²) in [6.45, 7) is 1.99. The molecule has 0 atom stereocenters. The van der Waals surface area contributed by atoms with E-state index in [0.717, 1.165) is 35.0 Å². The maximum atomic E-state index is 6.03. The van der Waals surface area contributed by atoms with Crippen LogP contribution >= 0.6 is 23.5 Å². The molecule has 1 aromatic carbocycles. The molecule has 0 radical (unpaired) electrons. The van der Waals surface area contributed by atoms with E-state index in [1.54, 1.807) is 21.3 Å². The van der Waals surface area contributed by atoms with Crippen molar-refractivity contribution in [2.75, 3.05) is 32.8 Å². The largest absolute Gasteiger partial charge is 0.493 e. The lowest BCUT2D eigenvalue weighted by Gasteiger charge is -2.34. The zero-order valence-corrected chi connectivity index (χ0v) is 16.7. The van der Waals surface area contributed by atoms with Crippen LogP contribution in [0, 0.1) is 6.92 Å². The van der Waals surface area contributed by atoms with Gasteiger partial charge in [0.25, 0.3) is 0 Å². The van der Waals surface area contributed by atoms with Crippen molar-refractivity contribution in [3.05, 3.63) is 41.3 Å². The zero-order chi connectivity index (χ0) is 17.9. The van der Waals surface area contributed by atoms with Gasteiger partial charge >= 0.3 is 0 Å². The number of benzene rings is 1. The summed E-state index contributed by atoms with van der Waals surface area (Å²) in [5.41, 5.74) is 1.14. The molecule has 136 valence electrons. The summed E-state index contributed by atoms with van der Waals surface area (Å²) in [4.78, 5) is 0. The molecule has 1 aliphatic heterocycles. The fourth-order valence-corrected chi connectivity index (χ4v) is 6.35. The van der Waals surface area contributed by atoms with E-state index in [1.807, 2.05) is 48.6 Å². The first-order chi connectivity index (χ1) is 12.1. The van der Waals surface area contributed by atoms with Crippen molar-refractivity contribution in [3.63, 3.8) is 0 Å². The Morgan fingerprint density at radius 1 is 1.00 bits per heavy atom. The smallest absolute Gasteiger partial charge is 0.203 e. The molecule has 0 spiro atoms. The van der Waals surface area contributed by atoms with Gasteiger partial charge in [-0.2, -0.15) is 0 Å². The number of aryl methyl sites for hydroxylation is 1. The van der Waals surface area contributed by atoms with Crippen molar-refractivity contribution in [1.29, 1.82) is 0 Å². The van der Waals surface area contributed by atoms with Gasteiger partial charge in [-0.15, -0.1) is 23.5 Å². The molecule has 0 bridgehead atoms. The van der Waals surface area contributed by atoms with Crippen molar-refractivity contribution in [3.8, 4) is 17.2 Å². The van der Waals surface area contributed by atoms with E-state index in [1.165, 1.54) is 6.42 Å². The number of hydrogen-bond acceptors (Lipinski definition) is 6. The van der Waals surface area contributed by atoms with Gasteiger partial charge in [-0.25, -0.2) is 0 Å². The van der Waals surface area contributed by atoms with Gasteiger partial charge in [0.2, 0.25) is 5.75 Å². The minimum atomic E-state index is -0.114. The molecule has 3 rings (SSSR count). The molecule has 1 aliphatic rings. The molecule has 1 fully saturated rings. The Hall–Kier alpha value is -1.40. The average molecular weight is 381 g/mol. The van der Waals surface area contributed by atoms with Crippen molar-refractivity contribution < 1.29 is 18.6 Å². The van der Waals surface area contributed by atoms with E-state index >= 15 is 0 Å². The molecule has 1 saturated heterocycles. The Bertz CT molecular complexity index is 695. The number of rotatable bonds is 6. The Morgan fingerprint density at radius 2 is 1.64 bits per heavy atom. The molecule has 25 heavy (non-hydrogen) atoms. The molecular weight excluding hydrogens is 356 g/mol. The topological polar surface area (TPSA) is 40.8 Å². The summed E-state index contributed by atoms with van der Waals surface area (Å²) >= 11 is 3.93. The molecule has 0 aliphatic carbocycles. The van der Waals surface area contributed by atoms with E-state index < -0.39 is 0 Å². The van der Waals surface area contributed by atoms with Crippen LogP contribution in [0.5, 0.6) is 17.2 Å². The summed E-state index contributed by atoms with van der Waals surface area (Å²) in [5.74, 6) is 6.26. The lowest BCUT2D eigenvalue weighted by Crippen LogP contribution is -2.25. The molecule has 0 amide bonds. The Kier molecular flexibility index (Phi) is 5.79. The highest BCUT2D eigenvalue weighted by atomic mass is 32.2. The van der Waals surface area contributed by atoms with Crippen LogP contribution in [0.2, 0.25) is 0 Å². The minimum absolute atomic E-state index is 0.114. The van der Waals surface area contributed by atoms with Crippen LogP contribution in [0.3, 0.4) is 0 Å². The third-order valence-electron chi connectivity index (χ3n) is 4.24. The van der Waals surface area contributed by atoms with Gasteiger partial charge in [0, 0.05) is 6.42 Å². The predicted molar refractivity (Wildman–Crippen MR) is 104 cm³/mol.